The third kappa shape index (κ3) is 1.89. The zero-order valence-corrected chi connectivity index (χ0v) is 11.3. The predicted octanol–water partition coefficient (Wildman–Crippen LogP) is 3.02. The quantitative estimate of drug-likeness (QED) is 0.833. The zero-order valence-electron chi connectivity index (χ0n) is 11.3. The van der Waals surface area contributed by atoms with Crippen molar-refractivity contribution in [2.24, 2.45) is 29.6 Å². The lowest BCUT2D eigenvalue weighted by Gasteiger charge is -2.54. The van der Waals surface area contributed by atoms with E-state index < -0.39 is 0 Å². The molecule has 0 aliphatic heterocycles. The van der Waals surface area contributed by atoms with Gasteiger partial charge in [-0.2, -0.15) is 5.26 Å². The first kappa shape index (κ1) is 11.5. The molecule has 100 valence electrons. The van der Waals surface area contributed by atoms with Crippen molar-refractivity contribution in [2.75, 3.05) is 0 Å². The van der Waals surface area contributed by atoms with Crippen LogP contribution in [0.3, 0.4) is 0 Å². The van der Waals surface area contributed by atoms with Crippen LogP contribution in [-0.2, 0) is 13.0 Å². The monoisotopic (exact) mass is 255 g/mol. The summed E-state index contributed by atoms with van der Waals surface area (Å²) in [5, 5.41) is 8.87. The highest BCUT2D eigenvalue weighted by Gasteiger charge is 2.48. The van der Waals surface area contributed by atoms with Gasteiger partial charge in [-0.15, -0.1) is 0 Å². The van der Waals surface area contributed by atoms with Gasteiger partial charge in [-0.25, -0.2) is 4.98 Å². The topological polar surface area (TPSA) is 41.6 Å². The fourth-order valence-electron chi connectivity index (χ4n) is 5.33. The molecule has 1 aromatic rings. The molecule has 5 rings (SSSR count). The number of rotatable bonds is 3. The van der Waals surface area contributed by atoms with Gasteiger partial charge in [0.2, 0.25) is 0 Å². The summed E-state index contributed by atoms with van der Waals surface area (Å²) in [6, 6.07) is 2.24. The van der Waals surface area contributed by atoms with Gasteiger partial charge in [0.25, 0.3) is 0 Å². The lowest BCUT2D eigenvalue weighted by molar-refractivity contribution is -0.0369. The smallest absolute Gasteiger partial charge is 0.111 e. The van der Waals surface area contributed by atoms with Gasteiger partial charge in [0.15, 0.2) is 0 Å². The Bertz CT molecular complexity index is 482. The summed E-state index contributed by atoms with van der Waals surface area (Å²) in [7, 11) is 0. The summed E-state index contributed by atoms with van der Waals surface area (Å²) in [6.45, 7) is 0.447. The predicted molar refractivity (Wildman–Crippen MR) is 72.1 cm³/mol. The molecule has 4 saturated carbocycles. The van der Waals surface area contributed by atoms with Gasteiger partial charge in [0.1, 0.15) is 12.4 Å². The number of imidazole rings is 1. The molecule has 0 atom stereocenters. The molecule has 4 aliphatic carbocycles. The Morgan fingerprint density at radius 3 is 2.47 bits per heavy atom. The summed E-state index contributed by atoms with van der Waals surface area (Å²) in [4.78, 5) is 4.50. The maximum absolute atomic E-state index is 8.87. The van der Waals surface area contributed by atoms with Crippen LogP contribution in [0, 0.1) is 40.9 Å². The minimum absolute atomic E-state index is 0.447. The van der Waals surface area contributed by atoms with Crippen molar-refractivity contribution >= 4 is 0 Å². The molecule has 1 aromatic heterocycles. The van der Waals surface area contributed by atoms with Crippen LogP contribution < -0.4 is 0 Å². The first-order valence-electron chi connectivity index (χ1n) is 7.70. The molecular formula is C16H21N3. The molecule has 0 N–H and O–H groups in total. The fraction of sp³-hybridized carbons (Fsp3) is 0.750. The number of nitrogens with zero attached hydrogens (tertiary/aromatic N) is 3. The fourth-order valence-corrected chi connectivity index (χ4v) is 5.33. The van der Waals surface area contributed by atoms with Gasteiger partial charge in [0.05, 0.1) is 6.07 Å². The van der Waals surface area contributed by atoms with E-state index in [-0.39, 0.29) is 0 Å². The third-order valence-electron chi connectivity index (χ3n) is 5.88. The van der Waals surface area contributed by atoms with Crippen LogP contribution >= 0.6 is 0 Å². The van der Waals surface area contributed by atoms with Crippen LogP contribution in [0.1, 0.15) is 37.9 Å². The normalized spacial score (nSPS) is 39.4. The molecule has 4 aliphatic rings. The summed E-state index contributed by atoms with van der Waals surface area (Å²) >= 11 is 0. The largest absolute Gasteiger partial charge is 0.321 e. The van der Waals surface area contributed by atoms with Gasteiger partial charge in [-0.05, 0) is 61.7 Å². The van der Waals surface area contributed by atoms with Crippen molar-refractivity contribution in [2.45, 2.75) is 45.1 Å². The molecular weight excluding hydrogens is 234 g/mol. The second kappa shape index (κ2) is 4.37. The highest BCUT2D eigenvalue weighted by atomic mass is 15.1. The summed E-state index contributed by atoms with van der Waals surface area (Å²) < 4.78 is 2.03. The Morgan fingerprint density at radius 1 is 1.16 bits per heavy atom. The molecule has 0 radical (unpaired) electrons. The second-order valence-corrected chi connectivity index (χ2v) is 6.93. The summed E-state index contributed by atoms with van der Waals surface area (Å²) in [5.74, 6) is 5.95. The molecule has 0 amide bonds. The SMILES string of the molecule is N#CCn1ccnc1CC1C2CC3CC(C2)CC1C3. The average Bonchev–Trinajstić information content (AvgIpc) is 2.81. The number of hydrogen-bond donors (Lipinski definition) is 0. The van der Waals surface area contributed by atoms with E-state index in [1.807, 2.05) is 17.0 Å². The van der Waals surface area contributed by atoms with Gasteiger partial charge in [-0.1, -0.05) is 0 Å². The van der Waals surface area contributed by atoms with E-state index in [9.17, 15) is 0 Å². The molecule has 4 fully saturated rings. The number of aromatic nitrogens is 2. The summed E-state index contributed by atoms with van der Waals surface area (Å²) in [5.41, 5.74) is 0. The summed E-state index contributed by atoms with van der Waals surface area (Å²) in [6.07, 6.45) is 12.3. The van der Waals surface area contributed by atoms with Crippen LogP contribution in [-0.4, -0.2) is 9.55 Å². The van der Waals surface area contributed by atoms with Crippen molar-refractivity contribution in [3.63, 3.8) is 0 Å². The average molecular weight is 255 g/mol. The van der Waals surface area contributed by atoms with Crippen LogP contribution in [0.4, 0.5) is 0 Å². The second-order valence-electron chi connectivity index (χ2n) is 6.93. The molecule has 19 heavy (non-hydrogen) atoms. The van der Waals surface area contributed by atoms with Gasteiger partial charge in [-0.3, -0.25) is 0 Å². The standard InChI is InChI=1S/C16H21N3/c17-1-3-19-4-2-18-16(19)10-15-13-6-11-5-12(8-13)9-14(15)7-11/h2,4,11-15H,3,5-10H2. The van der Waals surface area contributed by atoms with E-state index in [1.54, 1.807) is 0 Å². The van der Waals surface area contributed by atoms with Crippen molar-refractivity contribution in [1.29, 1.82) is 5.26 Å². The van der Waals surface area contributed by atoms with Crippen LogP contribution in [0.5, 0.6) is 0 Å². The zero-order chi connectivity index (χ0) is 12.8. The van der Waals surface area contributed by atoms with Crippen molar-refractivity contribution in [1.82, 2.24) is 9.55 Å². The molecule has 0 spiro atoms. The highest BCUT2D eigenvalue weighted by Crippen LogP contribution is 2.57. The molecule has 3 heteroatoms. The minimum atomic E-state index is 0.447. The molecule has 0 saturated heterocycles. The lowest BCUT2D eigenvalue weighted by atomic mass is 9.51. The molecule has 3 nitrogen and oxygen atoms in total. The third-order valence-corrected chi connectivity index (χ3v) is 5.88. The Kier molecular flexibility index (Phi) is 2.65. The molecule has 0 aromatic carbocycles. The molecule has 4 bridgehead atoms. The highest BCUT2D eigenvalue weighted by molar-refractivity contribution is 5.04. The van der Waals surface area contributed by atoms with E-state index in [2.05, 4.69) is 11.1 Å². The number of hydrogen-bond acceptors (Lipinski definition) is 2. The van der Waals surface area contributed by atoms with E-state index in [0.717, 1.165) is 41.8 Å². The molecule has 1 heterocycles. The van der Waals surface area contributed by atoms with Crippen LogP contribution in [0.15, 0.2) is 12.4 Å². The number of nitriles is 1. The lowest BCUT2D eigenvalue weighted by Crippen LogP contribution is -2.46. The van der Waals surface area contributed by atoms with Gasteiger partial charge in [0, 0.05) is 18.8 Å². The van der Waals surface area contributed by atoms with Crippen molar-refractivity contribution in [3.05, 3.63) is 18.2 Å². The van der Waals surface area contributed by atoms with Crippen LogP contribution in [0.2, 0.25) is 0 Å². The van der Waals surface area contributed by atoms with E-state index in [0.29, 0.717) is 6.54 Å². The Hall–Kier alpha value is -1.30. The first-order valence-corrected chi connectivity index (χ1v) is 7.70. The van der Waals surface area contributed by atoms with Gasteiger partial charge < -0.3 is 4.57 Å². The van der Waals surface area contributed by atoms with Crippen molar-refractivity contribution in [3.8, 4) is 6.07 Å². The maximum atomic E-state index is 8.87. The Morgan fingerprint density at radius 2 is 1.84 bits per heavy atom. The molecule has 0 unspecified atom stereocenters. The van der Waals surface area contributed by atoms with E-state index >= 15 is 0 Å². The van der Waals surface area contributed by atoms with Crippen molar-refractivity contribution < 1.29 is 0 Å². The van der Waals surface area contributed by atoms with E-state index in [1.165, 1.54) is 32.1 Å². The Labute approximate surface area is 114 Å². The van der Waals surface area contributed by atoms with E-state index in [4.69, 9.17) is 5.26 Å². The first-order chi connectivity index (χ1) is 9.33. The van der Waals surface area contributed by atoms with Crippen LogP contribution in [0.25, 0.3) is 0 Å². The maximum Gasteiger partial charge on any atom is 0.111 e. The van der Waals surface area contributed by atoms with Gasteiger partial charge >= 0.3 is 0 Å². The minimum Gasteiger partial charge on any atom is -0.321 e. The Balaban J connectivity index is 1.54.